The molecule has 1 amide bonds. The van der Waals surface area contributed by atoms with Crippen LogP contribution in [-0.2, 0) is 10.5 Å². The third kappa shape index (κ3) is 5.20. The molecule has 2 aromatic rings. The van der Waals surface area contributed by atoms with E-state index >= 15 is 0 Å². The summed E-state index contributed by atoms with van der Waals surface area (Å²) in [4.78, 5) is 14.4. The number of benzene rings is 2. The van der Waals surface area contributed by atoms with Gasteiger partial charge in [0.1, 0.15) is 11.5 Å². The Labute approximate surface area is 229 Å². The zero-order valence-electron chi connectivity index (χ0n) is 21.7. The monoisotopic (exact) mass is 545 g/mol. The molecule has 0 aromatic heterocycles. The highest BCUT2D eigenvalue weighted by Crippen LogP contribution is 2.52. The minimum atomic E-state index is -0.950. The number of hydrogen-bond acceptors (Lipinski definition) is 5. The van der Waals surface area contributed by atoms with Crippen molar-refractivity contribution in [3.8, 4) is 11.5 Å². The summed E-state index contributed by atoms with van der Waals surface area (Å²) in [6.07, 6.45) is 11.1. The maximum atomic E-state index is 14.4. The lowest BCUT2D eigenvalue weighted by Gasteiger charge is -2.44. The van der Waals surface area contributed by atoms with Crippen LogP contribution in [0.5, 0.6) is 11.5 Å². The first-order chi connectivity index (χ1) is 17.9. The van der Waals surface area contributed by atoms with Crippen molar-refractivity contribution >= 4 is 40.5 Å². The van der Waals surface area contributed by atoms with E-state index < -0.39 is 5.66 Å². The summed E-state index contributed by atoms with van der Waals surface area (Å²) in [6.45, 7) is 0. The van der Waals surface area contributed by atoms with Crippen LogP contribution in [0.15, 0.2) is 30.3 Å². The number of ether oxygens (including phenoxy) is 2. The second-order valence-electron chi connectivity index (χ2n) is 10.7. The summed E-state index contributed by atoms with van der Waals surface area (Å²) in [6, 6.07) is 9.68. The van der Waals surface area contributed by atoms with E-state index in [2.05, 4.69) is 16.0 Å². The molecule has 0 saturated heterocycles. The molecule has 0 radical (unpaired) electrons. The SMILES string of the molecule is COc1ccc(C2(C(C(=O)NC3CCCCC3)C3CCCCC3)Nc3cc(Cl)c(Cl)cc3N2)c(OC)c1. The highest BCUT2D eigenvalue weighted by molar-refractivity contribution is 6.42. The molecule has 5 rings (SSSR count). The zero-order valence-corrected chi connectivity index (χ0v) is 23.2. The second-order valence-corrected chi connectivity index (χ2v) is 11.5. The van der Waals surface area contributed by atoms with Gasteiger partial charge in [-0.2, -0.15) is 0 Å². The van der Waals surface area contributed by atoms with Crippen LogP contribution in [-0.4, -0.2) is 26.2 Å². The van der Waals surface area contributed by atoms with Crippen molar-refractivity contribution < 1.29 is 14.3 Å². The number of amides is 1. The fourth-order valence-corrected chi connectivity index (χ4v) is 6.89. The molecule has 200 valence electrons. The lowest BCUT2D eigenvalue weighted by atomic mass is 9.70. The number of rotatable bonds is 7. The molecule has 2 aliphatic carbocycles. The Morgan fingerprint density at radius 1 is 0.892 bits per heavy atom. The maximum absolute atomic E-state index is 14.4. The van der Waals surface area contributed by atoms with E-state index in [0.717, 1.165) is 68.3 Å². The summed E-state index contributed by atoms with van der Waals surface area (Å²) < 4.78 is 11.4. The van der Waals surface area contributed by atoms with Gasteiger partial charge < -0.3 is 25.4 Å². The molecule has 0 spiro atoms. The number of hydrogen-bond donors (Lipinski definition) is 3. The predicted molar refractivity (Wildman–Crippen MR) is 150 cm³/mol. The lowest BCUT2D eigenvalue weighted by molar-refractivity contribution is -0.130. The Balaban J connectivity index is 1.64. The molecule has 8 heteroatoms. The van der Waals surface area contributed by atoms with Crippen molar-refractivity contribution in [3.63, 3.8) is 0 Å². The van der Waals surface area contributed by atoms with Crippen LogP contribution in [0.1, 0.15) is 69.8 Å². The zero-order chi connectivity index (χ0) is 26.0. The van der Waals surface area contributed by atoms with Crippen LogP contribution in [0.25, 0.3) is 0 Å². The molecule has 1 atom stereocenters. The molecule has 1 heterocycles. The van der Waals surface area contributed by atoms with Crippen molar-refractivity contribution in [2.75, 3.05) is 24.9 Å². The maximum Gasteiger partial charge on any atom is 0.228 e. The fourth-order valence-electron chi connectivity index (χ4n) is 6.56. The molecule has 37 heavy (non-hydrogen) atoms. The topological polar surface area (TPSA) is 71.6 Å². The van der Waals surface area contributed by atoms with Gasteiger partial charge >= 0.3 is 0 Å². The van der Waals surface area contributed by atoms with Gasteiger partial charge in [-0.3, -0.25) is 4.79 Å². The number of methoxy groups -OCH3 is 2. The molecule has 2 aromatic carbocycles. The van der Waals surface area contributed by atoms with E-state index in [1.165, 1.54) is 12.8 Å². The van der Waals surface area contributed by atoms with Gasteiger partial charge in [-0.1, -0.05) is 61.7 Å². The van der Waals surface area contributed by atoms with Gasteiger partial charge in [-0.25, -0.2) is 0 Å². The van der Waals surface area contributed by atoms with Gasteiger partial charge in [0.15, 0.2) is 5.66 Å². The van der Waals surface area contributed by atoms with Gasteiger partial charge in [-0.05, 0) is 55.9 Å². The molecule has 1 unspecified atom stereocenters. The highest BCUT2D eigenvalue weighted by atomic mass is 35.5. The minimum absolute atomic E-state index is 0.0849. The summed E-state index contributed by atoms with van der Waals surface area (Å²) >= 11 is 12.9. The van der Waals surface area contributed by atoms with E-state index in [9.17, 15) is 4.79 Å². The fraction of sp³-hybridized carbons (Fsp3) is 0.552. The number of nitrogens with one attached hydrogen (secondary N) is 3. The van der Waals surface area contributed by atoms with Crippen molar-refractivity contribution in [2.24, 2.45) is 11.8 Å². The van der Waals surface area contributed by atoms with Crippen molar-refractivity contribution in [1.82, 2.24) is 5.32 Å². The van der Waals surface area contributed by atoms with E-state index in [0.29, 0.717) is 21.5 Å². The highest BCUT2D eigenvalue weighted by Gasteiger charge is 2.53. The molecule has 3 N–H and O–H groups in total. The quantitative estimate of drug-likeness (QED) is 0.339. The number of carbonyl (C=O) groups excluding carboxylic acids is 1. The smallest absolute Gasteiger partial charge is 0.228 e. The van der Waals surface area contributed by atoms with Gasteiger partial charge in [0, 0.05) is 17.7 Å². The summed E-state index contributed by atoms with van der Waals surface area (Å²) in [5.41, 5.74) is 1.54. The Morgan fingerprint density at radius 3 is 2.05 bits per heavy atom. The number of fused-ring (bicyclic) bond motifs is 1. The first-order valence-electron chi connectivity index (χ1n) is 13.5. The first-order valence-corrected chi connectivity index (χ1v) is 14.3. The third-order valence-corrected chi connectivity index (χ3v) is 9.10. The van der Waals surface area contributed by atoms with Gasteiger partial charge in [-0.15, -0.1) is 0 Å². The molecular weight excluding hydrogens is 509 g/mol. The molecular formula is C29H37Cl2N3O3. The van der Waals surface area contributed by atoms with Crippen LogP contribution in [0.2, 0.25) is 10.0 Å². The van der Waals surface area contributed by atoms with Gasteiger partial charge in [0.05, 0.1) is 41.6 Å². The lowest BCUT2D eigenvalue weighted by Crippen LogP contribution is -2.57. The van der Waals surface area contributed by atoms with Crippen LogP contribution in [0.3, 0.4) is 0 Å². The van der Waals surface area contributed by atoms with Crippen molar-refractivity contribution in [1.29, 1.82) is 0 Å². The Kier molecular flexibility index (Phi) is 7.96. The van der Waals surface area contributed by atoms with E-state index in [-0.39, 0.29) is 23.8 Å². The van der Waals surface area contributed by atoms with E-state index in [1.54, 1.807) is 14.2 Å². The summed E-state index contributed by atoms with van der Waals surface area (Å²) in [7, 11) is 3.29. The molecule has 3 aliphatic rings. The largest absolute Gasteiger partial charge is 0.497 e. The molecule has 0 bridgehead atoms. The van der Waals surface area contributed by atoms with Crippen LogP contribution >= 0.6 is 23.2 Å². The van der Waals surface area contributed by atoms with Gasteiger partial charge in [0.25, 0.3) is 0 Å². The van der Waals surface area contributed by atoms with Crippen LogP contribution in [0, 0.1) is 11.8 Å². The van der Waals surface area contributed by atoms with Crippen LogP contribution < -0.4 is 25.4 Å². The molecule has 6 nitrogen and oxygen atoms in total. The molecule has 2 saturated carbocycles. The Hall–Kier alpha value is -2.31. The average Bonchev–Trinajstić information content (AvgIpc) is 3.28. The second kappa shape index (κ2) is 11.2. The molecule has 2 fully saturated rings. The third-order valence-electron chi connectivity index (χ3n) is 8.38. The minimum Gasteiger partial charge on any atom is -0.497 e. The normalized spacial score (nSPS) is 20.3. The average molecular weight is 547 g/mol. The van der Waals surface area contributed by atoms with E-state index in [4.69, 9.17) is 32.7 Å². The van der Waals surface area contributed by atoms with Crippen LogP contribution in [0.4, 0.5) is 11.4 Å². The summed E-state index contributed by atoms with van der Waals surface area (Å²) in [5, 5.41) is 11.8. The van der Waals surface area contributed by atoms with Crippen molar-refractivity contribution in [3.05, 3.63) is 45.9 Å². The predicted octanol–water partition coefficient (Wildman–Crippen LogP) is 7.35. The number of carbonyl (C=O) groups is 1. The Bertz CT molecular complexity index is 1100. The van der Waals surface area contributed by atoms with Gasteiger partial charge in [0.2, 0.25) is 5.91 Å². The van der Waals surface area contributed by atoms with Crippen molar-refractivity contribution in [2.45, 2.75) is 75.9 Å². The van der Waals surface area contributed by atoms with E-state index in [1.807, 2.05) is 30.3 Å². The Morgan fingerprint density at radius 2 is 1.49 bits per heavy atom. The molecule has 1 aliphatic heterocycles. The first kappa shape index (κ1) is 26.3. The number of halogens is 2. The number of anilines is 2. The standard InChI is InChI=1S/C29H37Cl2N3O3/c1-36-20-13-14-21(26(15-20)37-2)29(33-24-16-22(30)23(31)17-25(24)34-29)27(18-9-5-3-6-10-18)28(35)32-19-11-7-4-8-12-19/h13-19,27,33-34H,3-12H2,1-2H3,(H,32,35). The summed E-state index contributed by atoms with van der Waals surface area (Å²) in [5.74, 6) is 1.24.